The Bertz CT molecular complexity index is 534. The molecule has 0 spiro atoms. The molecule has 2 aliphatic heterocycles. The molecule has 0 aliphatic carbocycles. The van der Waals surface area contributed by atoms with Crippen LogP contribution in [0.25, 0.3) is 0 Å². The molecule has 2 fully saturated rings. The van der Waals surface area contributed by atoms with Crippen molar-refractivity contribution in [2.45, 2.75) is 44.3 Å². The van der Waals surface area contributed by atoms with Crippen molar-refractivity contribution in [2.24, 2.45) is 5.73 Å². The van der Waals surface area contributed by atoms with Gasteiger partial charge < -0.3 is 16.0 Å². The van der Waals surface area contributed by atoms with Crippen molar-refractivity contribution in [1.29, 1.82) is 0 Å². The van der Waals surface area contributed by atoms with E-state index in [4.69, 9.17) is 5.73 Å². The molecule has 1 amide bonds. The topological polar surface area (TPSA) is 58.4 Å². The number of rotatable bonds is 4. The Balaban J connectivity index is 1.56. The maximum Gasteiger partial charge on any atom is 0.248 e. The van der Waals surface area contributed by atoms with Crippen LogP contribution in [0.4, 0.5) is 4.39 Å². The van der Waals surface area contributed by atoms with Crippen LogP contribution in [-0.2, 0) is 6.54 Å². The molecule has 21 heavy (non-hydrogen) atoms. The summed E-state index contributed by atoms with van der Waals surface area (Å²) in [6, 6.07) is 5.62. The molecular weight excluding hydrogens is 269 g/mol. The third kappa shape index (κ3) is 3.24. The third-order valence-corrected chi connectivity index (χ3v) is 4.74. The summed E-state index contributed by atoms with van der Waals surface area (Å²) in [5.41, 5.74) is 5.96. The smallest absolute Gasteiger partial charge is 0.248 e. The molecule has 0 saturated carbocycles. The zero-order chi connectivity index (χ0) is 14.8. The fourth-order valence-electron chi connectivity index (χ4n) is 3.51. The molecule has 1 aromatic carbocycles. The van der Waals surface area contributed by atoms with Gasteiger partial charge in [-0.15, -0.1) is 0 Å². The first-order valence-corrected chi connectivity index (χ1v) is 7.69. The van der Waals surface area contributed by atoms with Crippen LogP contribution in [0.1, 0.15) is 41.6 Å². The lowest BCUT2D eigenvalue weighted by molar-refractivity contribution is 0.1000. The minimum absolute atomic E-state index is 0.218. The van der Waals surface area contributed by atoms with Crippen molar-refractivity contribution in [3.63, 3.8) is 0 Å². The quantitative estimate of drug-likeness (QED) is 0.886. The van der Waals surface area contributed by atoms with Crippen molar-refractivity contribution in [2.75, 3.05) is 13.1 Å². The molecule has 2 heterocycles. The van der Waals surface area contributed by atoms with Gasteiger partial charge in [-0.05, 0) is 50.9 Å². The summed E-state index contributed by atoms with van der Waals surface area (Å²) in [5, 5.41) is 3.46. The highest BCUT2D eigenvalue weighted by atomic mass is 19.1. The van der Waals surface area contributed by atoms with Gasteiger partial charge in [-0.2, -0.15) is 0 Å². The number of piperidine rings is 1. The zero-order valence-electron chi connectivity index (χ0n) is 12.1. The van der Waals surface area contributed by atoms with Crippen LogP contribution < -0.4 is 11.1 Å². The van der Waals surface area contributed by atoms with E-state index >= 15 is 0 Å². The molecule has 4 nitrogen and oxygen atoms in total. The van der Waals surface area contributed by atoms with Crippen LogP contribution in [0.2, 0.25) is 0 Å². The Kier molecular flexibility index (Phi) is 4.22. The van der Waals surface area contributed by atoms with Gasteiger partial charge in [0.25, 0.3) is 0 Å². The number of amides is 1. The van der Waals surface area contributed by atoms with E-state index in [1.807, 2.05) is 0 Å². The van der Waals surface area contributed by atoms with Crippen LogP contribution in [-0.4, -0.2) is 36.0 Å². The zero-order valence-corrected chi connectivity index (χ0v) is 12.1. The van der Waals surface area contributed by atoms with Gasteiger partial charge in [-0.1, -0.05) is 6.07 Å². The number of benzene rings is 1. The molecule has 2 atom stereocenters. The number of carbonyl (C=O) groups is 1. The van der Waals surface area contributed by atoms with Gasteiger partial charge in [0.1, 0.15) is 5.82 Å². The summed E-state index contributed by atoms with van der Waals surface area (Å²) in [4.78, 5) is 13.6. The number of halogens is 1. The second kappa shape index (κ2) is 6.12. The van der Waals surface area contributed by atoms with Crippen molar-refractivity contribution in [3.05, 3.63) is 35.1 Å². The lowest BCUT2D eigenvalue weighted by atomic mass is 9.97. The Morgan fingerprint density at radius 3 is 3.00 bits per heavy atom. The second-order valence-corrected chi connectivity index (χ2v) is 6.10. The van der Waals surface area contributed by atoms with Gasteiger partial charge in [0.2, 0.25) is 5.91 Å². The highest BCUT2D eigenvalue weighted by Gasteiger charge is 2.31. The highest BCUT2D eigenvalue weighted by molar-refractivity contribution is 5.92. The minimum Gasteiger partial charge on any atom is -0.366 e. The molecule has 3 N–H and O–H groups in total. The predicted octanol–water partition coefficient (Wildman–Crippen LogP) is 1.64. The van der Waals surface area contributed by atoms with E-state index < -0.39 is 5.91 Å². The van der Waals surface area contributed by atoms with Gasteiger partial charge in [0, 0.05) is 29.8 Å². The SMILES string of the molecule is NC(=O)c1ccc(CNC2CCN3CCCC3C2)c(F)c1. The molecule has 1 aromatic rings. The Hall–Kier alpha value is -1.46. The van der Waals surface area contributed by atoms with E-state index in [1.54, 1.807) is 12.1 Å². The summed E-state index contributed by atoms with van der Waals surface area (Å²) >= 11 is 0. The second-order valence-electron chi connectivity index (χ2n) is 6.10. The third-order valence-electron chi connectivity index (χ3n) is 4.74. The average Bonchev–Trinajstić information content (AvgIpc) is 2.93. The van der Waals surface area contributed by atoms with Gasteiger partial charge in [0.15, 0.2) is 0 Å². The van der Waals surface area contributed by atoms with Gasteiger partial charge in [-0.3, -0.25) is 4.79 Å². The molecule has 0 bridgehead atoms. The van der Waals surface area contributed by atoms with E-state index in [0.717, 1.165) is 19.4 Å². The van der Waals surface area contributed by atoms with E-state index in [2.05, 4.69) is 10.2 Å². The lowest BCUT2D eigenvalue weighted by Crippen LogP contribution is -2.45. The van der Waals surface area contributed by atoms with Crippen LogP contribution in [0, 0.1) is 5.82 Å². The molecular formula is C16H22FN3O. The Morgan fingerprint density at radius 2 is 2.24 bits per heavy atom. The van der Waals surface area contributed by atoms with Crippen molar-refractivity contribution in [3.8, 4) is 0 Å². The number of hydrogen-bond donors (Lipinski definition) is 2. The Labute approximate surface area is 124 Å². The maximum absolute atomic E-state index is 13.9. The first kappa shape index (κ1) is 14.5. The standard InChI is InChI=1S/C16H22FN3O/c17-15-8-11(16(18)21)3-4-12(15)10-19-13-5-7-20-6-1-2-14(20)9-13/h3-4,8,13-14,19H,1-2,5-7,9-10H2,(H2,18,21). The molecule has 0 radical (unpaired) electrons. The minimum atomic E-state index is -0.595. The molecule has 5 heteroatoms. The molecule has 2 aliphatic rings. The monoisotopic (exact) mass is 291 g/mol. The van der Waals surface area contributed by atoms with Gasteiger partial charge in [0.05, 0.1) is 0 Å². The van der Waals surface area contributed by atoms with E-state index in [1.165, 1.54) is 25.5 Å². The largest absolute Gasteiger partial charge is 0.366 e. The molecule has 2 saturated heterocycles. The van der Waals surface area contributed by atoms with E-state index in [9.17, 15) is 9.18 Å². The van der Waals surface area contributed by atoms with E-state index in [-0.39, 0.29) is 11.4 Å². The maximum atomic E-state index is 13.9. The van der Waals surface area contributed by atoms with Crippen molar-refractivity contribution in [1.82, 2.24) is 10.2 Å². The molecule has 114 valence electrons. The molecule has 2 unspecified atom stereocenters. The van der Waals surface area contributed by atoms with Gasteiger partial charge >= 0.3 is 0 Å². The van der Waals surface area contributed by atoms with Crippen LogP contribution in [0.3, 0.4) is 0 Å². The van der Waals surface area contributed by atoms with Crippen molar-refractivity contribution < 1.29 is 9.18 Å². The van der Waals surface area contributed by atoms with Crippen LogP contribution in [0.5, 0.6) is 0 Å². The first-order chi connectivity index (χ1) is 10.1. The number of nitrogens with one attached hydrogen (secondary N) is 1. The average molecular weight is 291 g/mol. The number of nitrogens with two attached hydrogens (primary N) is 1. The summed E-state index contributed by atoms with van der Waals surface area (Å²) in [5.74, 6) is -0.959. The van der Waals surface area contributed by atoms with Crippen LogP contribution >= 0.6 is 0 Å². The molecule has 3 rings (SSSR count). The Morgan fingerprint density at radius 1 is 1.38 bits per heavy atom. The first-order valence-electron chi connectivity index (χ1n) is 7.69. The van der Waals surface area contributed by atoms with Crippen molar-refractivity contribution >= 4 is 5.91 Å². The number of primary amides is 1. The lowest BCUT2D eigenvalue weighted by Gasteiger charge is -2.35. The highest BCUT2D eigenvalue weighted by Crippen LogP contribution is 2.27. The summed E-state index contributed by atoms with van der Waals surface area (Å²) < 4.78 is 13.9. The summed E-state index contributed by atoms with van der Waals surface area (Å²) in [7, 11) is 0. The van der Waals surface area contributed by atoms with Gasteiger partial charge in [-0.25, -0.2) is 4.39 Å². The fraction of sp³-hybridized carbons (Fsp3) is 0.562. The fourth-order valence-corrected chi connectivity index (χ4v) is 3.51. The summed E-state index contributed by atoms with van der Waals surface area (Å²) in [6.07, 6.45) is 4.87. The van der Waals surface area contributed by atoms with Crippen LogP contribution in [0.15, 0.2) is 18.2 Å². The number of carbonyl (C=O) groups excluding carboxylic acids is 1. The summed E-state index contributed by atoms with van der Waals surface area (Å²) in [6.45, 7) is 2.88. The number of nitrogens with zero attached hydrogens (tertiary/aromatic N) is 1. The number of hydrogen-bond acceptors (Lipinski definition) is 3. The number of fused-ring (bicyclic) bond motifs is 1. The molecule has 0 aromatic heterocycles. The predicted molar refractivity (Wildman–Crippen MR) is 79.4 cm³/mol. The normalized spacial score (nSPS) is 25.8. The van der Waals surface area contributed by atoms with E-state index in [0.29, 0.717) is 24.2 Å².